The van der Waals surface area contributed by atoms with Crippen LogP contribution in [0, 0.1) is 12.8 Å². The average molecular weight is 278 g/mol. The summed E-state index contributed by atoms with van der Waals surface area (Å²) in [5, 5.41) is 6.92. The highest BCUT2D eigenvalue weighted by atomic mass is 16.5. The van der Waals surface area contributed by atoms with Crippen molar-refractivity contribution in [2.75, 3.05) is 6.54 Å². The first kappa shape index (κ1) is 15.1. The first-order chi connectivity index (χ1) is 9.59. The van der Waals surface area contributed by atoms with Crippen molar-refractivity contribution in [3.05, 3.63) is 17.0 Å². The summed E-state index contributed by atoms with van der Waals surface area (Å²) in [7, 11) is 0. The average Bonchev–Trinajstić information content (AvgIpc) is 3.03. The van der Waals surface area contributed by atoms with Gasteiger partial charge in [-0.15, -0.1) is 0 Å². The van der Waals surface area contributed by atoms with Crippen LogP contribution in [0.5, 0.6) is 0 Å². The van der Waals surface area contributed by atoms with E-state index in [9.17, 15) is 4.79 Å². The molecule has 2 rings (SSSR count). The molecule has 1 aliphatic carbocycles. The SMILES string of the molecule is Cc1noc(C(C)C)c1C(=O)NCCCC1CCCC1. The molecule has 20 heavy (non-hydrogen) atoms. The van der Waals surface area contributed by atoms with E-state index >= 15 is 0 Å². The summed E-state index contributed by atoms with van der Waals surface area (Å²) in [6, 6.07) is 0. The van der Waals surface area contributed by atoms with Gasteiger partial charge in [-0.05, 0) is 25.7 Å². The lowest BCUT2D eigenvalue weighted by Crippen LogP contribution is -2.26. The zero-order chi connectivity index (χ0) is 14.5. The Morgan fingerprint density at radius 2 is 2.10 bits per heavy atom. The summed E-state index contributed by atoms with van der Waals surface area (Å²) in [4.78, 5) is 12.2. The van der Waals surface area contributed by atoms with E-state index in [1.807, 2.05) is 20.8 Å². The zero-order valence-corrected chi connectivity index (χ0v) is 12.9. The first-order valence-corrected chi connectivity index (χ1v) is 7.84. The second-order valence-corrected chi connectivity index (χ2v) is 6.21. The van der Waals surface area contributed by atoms with E-state index in [1.54, 1.807) is 0 Å². The molecule has 0 aromatic carbocycles. The molecule has 4 nitrogen and oxygen atoms in total. The third-order valence-electron chi connectivity index (χ3n) is 4.19. The minimum atomic E-state index is -0.0427. The Labute approximate surface area is 121 Å². The standard InChI is InChI=1S/C16H26N2O2/c1-11(2)15-14(12(3)18-20-15)16(19)17-10-6-9-13-7-4-5-8-13/h11,13H,4-10H2,1-3H3,(H,17,19). The lowest BCUT2D eigenvalue weighted by molar-refractivity contribution is 0.0949. The van der Waals surface area contributed by atoms with E-state index in [2.05, 4.69) is 10.5 Å². The Morgan fingerprint density at radius 1 is 1.40 bits per heavy atom. The van der Waals surface area contributed by atoms with Gasteiger partial charge in [0, 0.05) is 12.5 Å². The Balaban J connectivity index is 1.81. The normalized spacial score (nSPS) is 16.0. The number of nitrogens with zero attached hydrogens (tertiary/aromatic N) is 1. The van der Waals surface area contributed by atoms with Crippen molar-refractivity contribution in [2.45, 2.75) is 65.2 Å². The van der Waals surface area contributed by atoms with Crippen LogP contribution in [0.15, 0.2) is 4.52 Å². The maximum atomic E-state index is 12.2. The molecule has 0 atom stereocenters. The Morgan fingerprint density at radius 3 is 2.75 bits per heavy atom. The van der Waals surface area contributed by atoms with E-state index in [4.69, 9.17) is 4.52 Å². The molecular weight excluding hydrogens is 252 g/mol. The molecule has 0 unspecified atom stereocenters. The number of aryl methyl sites for hydroxylation is 1. The Kier molecular flexibility index (Phi) is 5.21. The first-order valence-electron chi connectivity index (χ1n) is 7.84. The number of amides is 1. The maximum Gasteiger partial charge on any atom is 0.256 e. The van der Waals surface area contributed by atoms with E-state index in [0.717, 1.165) is 18.9 Å². The predicted molar refractivity (Wildman–Crippen MR) is 78.9 cm³/mol. The number of aromatic nitrogens is 1. The number of rotatable bonds is 6. The molecule has 0 saturated heterocycles. The van der Waals surface area contributed by atoms with Crippen molar-refractivity contribution in [2.24, 2.45) is 5.92 Å². The second-order valence-electron chi connectivity index (χ2n) is 6.21. The summed E-state index contributed by atoms with van der Waals surface area (Å²) >= 11 is 0. The molecule has 1 aromatic rings. The van der Waals surface area contributed by atoms with Gasteiger partial charge in [0.15, 0.2) is 5.76 Å². The van der Waals surface area contributed by atoms with Crippen LogP contribution in [0.2, 0.25) is 0 Å². The van der Waals surface area contributed by atoms with E-state index in [1.165, 1.54) is 32.1 Å². The van der Waals surface area contributed by atoms with Crippen LogP contribution in [0.25, 0.3) is 0 Å². The smallest absolute Gasteiger partial charge is 0.256 e. The largest absolute Gasteiger partial charge is 0.360 e. The zero-order valence-electron chi connectivity index (χ0n) is 12.9. The number of hydrogen-bond donors (Lipinski definition) is 1. The van der Waals surface area contributed by atoms with Crippen molar-refractivity contribution in [3.8, 4) is 0 Å². The number of carbonyl (C=O) groups is 1. The second kappa shape index (κ2) is 6.91. The van der Waals surface area contributed by atoms with Gasteiger partial charge in [0.2, 0.25) is 0 Å². The summed E-state index contributed by atoms with van der Waals surface area (Å²) in [5.41, 5.74) is 1.31. The summed E-state index contributed by atoms with van der Waals surface area (Å²) in [6.45, 7) is 6.59. The van der Waals surface area contributed by atoms with E-state index < -0.39 is 0 Å². The van der Waals surface area contributed by atoms with Gasteiger partial charge in [0.25, 0.3) is 5.91 Å². The van der Waals surface area contributed by atoms with Gasteiger partial charge in [-0.3, -0.25) is 4.79 Å². The fourth-order valence-corrected chi connectivity index (χ4v) is 3.04. The van der Waals surface area contributed by atoms with Crippen molar-refractivity contribution in [3.63, 3.8) is 0 Å². The molecule has 4 heteroatoms. The summed E-state index contributed by atoms with van der Waals surface area (Å²) < 4.78 is 5.25. The number of carbonyl (C=O) groups excluding carboxylic acids is 1. The lowest BCUT2D eigenvalue weighted by Gasteiger charge is -2.10. The van der Waals surface area contributed by atoms with Crippen molar-refractivity contribution in [1.82, 2.24) is 10.5 Å². The molecule has 1 N–H and O–H groups in total. The third kappa shape index (κ3) is 3.62. The van der Waals surface area contributed by atoms with Gasteiger partial charge in [0.1, 0.15) is 5.56 Å². The van der Waals surface area contributed by atoms with Crippen LogP contribution in [-0.4, -0.2) is 17.6 Å². The molecule has 1 aliphatic rings. The van der Waals surface area contributed by atoms with Crippen LogP contribution < -0.4 is 5.32 Å². The molecule has 1 saturated carbocycles. The minimum absolute atomic E-state index is 0.0427. The lowest BCUT2D eigenvalue weighted by atomic mass is 10.0. The molecular formula is C16H26N2O2. The van der Waals surface area contributed by atoms with Crippen molar-refractivity contribution < 1.29 is 9.32 Å². The summed E-state index contributed by atoms with van der Waals surface area (Å²) in [5.74, 6) is 1.71. The van der Waals surface area contributed by atoms with Crippen LogP contribution in [0.3, 0.4) is 0 Å². The number of hydrogen-bond acceptors (Lipinski definition) is 3. The predicted octanol–water partition coefficient (Wildman–Crippen LogP) is 3.81. The molecule has 1 fully saturated rings. The van der Waals surface area contributed by atoms with E-state index in [-0.39, 0.29) is 11.8 Å². The molecule has 1 amide bonds. The Hall–Kier alpha value is -1.32. The molecule has 0 spiro atoms. The van der Waals surface area contributed by atoms with Crippen LogP contribution in [0.1, 0.15) is 80.1 Å². The van der Waals surface area contributed by atoms with Crippen LogP contribution in [0.4, 0.5) is 0 Å². The van der Waals surface area contributed by atoms with Gasteiger partial charge < -0.3 is 9.84 Å². The van der Waals surface area contributed by atoms with Gasteiger partial charge >= 0.3 is 0 Å². The summed E-state index contributed by atoms with van der Waals surface area (Å²) in [6.07, 6.45) is 7.81. The highest BCUT2D eigenvalue weighted by Gasteiger charge is 2.22. The number of nitrogens with one attached hydrogen (secondary N) is 1. The third-order valence-corrected chi connectivity index (χ3v) is 4.19. The van der Waals surface area contributed by atoms with Gasteiger partial charge in [-0.2, -0.15) is 0 Å². The van der Waals surface area contributed by atoms with Crippen molar-refractivity contribution in [1.29, 1.82) is 0 Å². The maximum absolute atomic E-state index is 12.2. The van der Waals surface area contributed by atoms with E-state index in [0.29, 0.717) is 17.0 Å². The fraction of sp³-hybridized carbons (Fsp3) is 0.750. The Bertz CT molecular complexity index is 445. The van der Waals surface area contributed by atoms with Crippen molar-refractivity contribution >= 4 is 5.91 Å². The highest BCUT2D eigenvalue weighted by Crippen LogP contribution is 2.28. The molecule has 0 aliphatic heterocycles. The molecule has 0 radical (unpaired) electrons. The quantitative estimate of drug-likeness (QED) is 0.805. The van der Waals surface area contributed by atoms with Gasteiger partial charge in [-0.1, -0.05) is 44.7 Å². The monoisotopic (exact) mass is 278 g/mol. The fourth-order valence-electron chi connectivity index (χ4n) is 3.04. The molecule has 112 valence electrons. The van der Waals surface area contributed by atoms with Gasteiger partial charge in [0.05, 0.1) is 5.69 Å². The highest BCUT2D eigenvalue weighted by molar-refractivity contribution is 5.96. The van der Waals surface area contributed by atoms with Gasteiger partial charge in [-0.25, -0.2) is 0 Å². The topological polar surface area (TPSA) is 55.1 Å². The molecule has 0 bridgehead atoms. The minimum Gasteiger partial charge on any atom is -0.360 e. The van der Waals surface area contributed by atoms with Crippen LogP contribution in [-0.2, 0) is 0 Å². The molecule has 1 heterocycles. The van der Waals surface area contributed by atoms with Crippen LogP contribution >= 0.6 is 0 Å². The molecule has 1 aromatic heterocycles.